The van der Waals surface area contributed by atoms with Crippen LogP contribution in [0, 0.1) is 0 Å². The molecule has 2 heterocycles. The Kier molecular flexibility index (Phi) is 7.88. The summed E-state index contributed by atoms with van der Waals surface area (Å²) in [6.45, 7) is 0.207. The maximum atomic E-state index is 14.1. The zero-order valence-corrected chi connectivity index (χ0v) is 22.3. The molecule has 38 heavy (non-hydrogen) atoms. The number of methoxy groups -OCH3 is 2. The van der Waals surface area contributed by atoms with Crippen LogP contribution in [0.15, 0.2) is 60.0 Å². The number of hydrogen-bond acceptors (Lipinski definition) is 7. The summed E-state index contributed by atoms with van der Waals surface area (Å²) in [5.41, 5.74) is 2.06. The van der Waals surface area contributed by atoms with Gasteiger partial charge < -0.3 is 19.7 Å². The zero-order chi connectivity index (χ0) is 26.5. The van der Waals surface area contributed by atoms with Gasteiger partial charge in [-0.1, -0.05) is 36.3 Å². The van der Waals surface area contributed by atoms with Crippen LogP contribution in [0.1, 0.15) is 42.2 Å². The topological polar surface area (TPSA) is 98.6 Å². The second-order valence-corrected chi connectivity index (χ2v) is 10.4. The van der Waals surface area contributed by atoms with Crippen molar-refractivity contribution in [3.05, 3.63) is 70.4 Å². The minimum absolute atomic E-state index is 0.0580. The highest BCUT2D eigenvalue weighted by molar-refractivity contribution is 7.09. The van der Waals surface area contributed by atoms with Crippen LogP contribution in [0.2, 0.25) is 0 Å². The Balaban J connectivity index is 1.56. The van der Waals surface area contributed by atoms with Crippen molar-refractivity contribution in [1.82, 2.24) is 25.2 Å². The summed E-state index contributed by atoms with van der Waals surface area (Å²) in [5.74, 6) is 0.601. The fourth-order valence-electron chi connectivity index (χ4n) is 4.99. The standard InChI is InChI=1S/C28H31N5O4S/c1-36-20-13-14-22(25(16-20)37-2)27(28(35)29-19-8-3-4-9-19)32(17-21-10-7-15-38-21)26(34)18-33-24-12-6-5-11-23(24)30-31-33/h5-7,10-16,19,27H,3-4,8-9,17-18H2,1-2H3,(H,29,35)/t27-/m0/s1. The molecule has 1 atom stereocenters. The van der Waals surface area contributed by atoms with Gasteiger partial charge in [0.1, 0.15) is 29.6 Å². The first-order valence-electron chi connectivity index (χ1n) is 12.7. The molecule has 10 heteroatoms. The van der Waals surface area contributed by atoms with Gasteiger partial charge in [0.2, 0.25) is 11.8 Å². The number of nitrogens with one attached hydrogen (secondary N) is 1. The predicted molar refractivity (Wildman–Crippen MR) is 145 cm³/mol. The molecular weight excluding hydrogens is 502 g/mol. The molecule has 0 radical (unpaired) electrons. The second-order valence-electron chi connectivity index (χ2n) is 9.34. The maximum absolute atomic E-state index is 14.1. The lowest BCUT2D eigenvalue weighted by Gasteiger charge is -2.33. The summed E-state index contributed by atoms with van der Waals surface area (Å²) in [7, 11) is 3.13. The molecule has 0 bridgehead atoms. The number of thiophene rings is 1. The lowest BCUT2D eigenvalue weighted by molar-refractivity contribution is -0.142. The summed E-state index contributed by atoms with van der Waals surface area (Å²) in [6.07, 6.45) is 4.03. The number of carbonyl (C=O) groups excluding carboxylic acids is 2. The van der Waals surface area contributed by atoms with Gasteiger partial charge in [-0.15, -0.1) is 16.4 Å². The molecule has 1 aliphatic rings. The molecule has 1 fully saturated rings. The summed E-state index contributed by atoms with van der Waals surface area (Å²) in [4.78, 5) is 30.6. The fraction of sp³-hybridized carbons (Fsp3) is 0.357. The largest absolute Gasteiger partial charge is 0.497 e. The summed E-state index contributed by atoms with van der Waals surface area (Å²) in [5, 5.41) is 13.6. The molecule has 0 spiro atoms. The Morgan fingerprint density at radius 3 is 2.66 bits per heavy atom. The molecule has 5 rings (SSSR count). The lowest BCUT2D eigenvalue weighted by atomic mass is 10.0. The fourth-order valence-corrected chi connectivity index (χ4v) is 5.69. The normalized spacial score (nSPS) is 14.4. The Bertz CT molecular complexity index is 1400. The van der Waals surface area contributed by atoms with Crippen LogP contribution in [-0.2, 0) is 22.7 Å². The molecule has 2 aromatic heterocycles. The van der Waals surface area contributed by atoms with Crippen LogP contribution < -0.4 is 14.8 Å². The lowest BCUT2D eigenvalue weighted by Crippen LogP contribution is -2.46. The molecule has 2 amide bonds. The van der Waals surface area contributed by atoms with Crippen molar-refractivity contribution in [3.63, 3.8) is 0 Å². The number of carbonyl (C=O) groups is 2. The molecule has 198 valence electrons. The van der Waals surface area contributed by atoms with E-state index in [1.807, 2.05) is 41.8 Å². The van der Waals surface area contributed by atoms with Crippen LogP contribution >= 0.6 is 11.3 Å². The van der Waals surface area contributed by atoms with E-state index in [0.717, 1.165) is 36.1 Å². The molecule has 1 N–H and O–H groups in total. The number of hydrogen-bond donors (Lipinski definition) is 1. The average Bonchev–Trinajstić information content (AvgIpc) is 3.72. The van der Waals surface area contributed by atoms with Crippen molar-refractivity contribution >= 4 is 34.2 Å². The van der Waals surface area contributed by atoms with Crippen LogP contribution in [0.25, 0.3) is 11.0 Å². The maximum Gasteiger partial charge on any atom is 0.247 e. The molecule has 2 aromatic carbocycles. The van der Waals surface area contributed by atoms with Crippen LogP contribution in [0.5, 0.6) is 11.5 Å². The Hall–Kier alpha value is -3.92. The first kappa shape index (κ1) is 25.7. The van der Waals surface area contributed by atoms with E-state index < -0.39 is 6.04 Å². The van der Waals surface area contributed by atoms with Gasteiger partial charge in [0.05, 0.1) is 26.3 Å². The Morgan fingerprint density at radius 1 is 1.11 bits per heavy atom. The molecular formula is C28H31N5O4S. The first-order chi connectivity index (χ1) is 18.6. The van der Waals surface area contributed by atoms with E-state index in [0.29, 0.717) is 22.6 Å². The summed E-state index contributed by atoms with van der Waals surface area (Å²) < 4.78 is 12.7. The molecule has 0 unspecified atom stereocenters. The van der Waals surface area contributed by atoms with Gasteiger partial charge in [0.25, 0.3) is 0 Å². The van der Waals surface area contributed by atoms with Gasteiger partial charge in [-0.25, -0.2) is 4.68 Å². The number of ether oxygens (including phenoxy) is 2. The molecule has 4 aromatic rings. The second kappa shape index (κ2) is 11.6. The van der Waals surface area contributed by atoms with Crippen molar-refractivity contribution in [2.45, 2.75) is 50.9 Å². The van der Waals surface area contributed by atoms with Gasteiger partial charge in [-0.2, -0.15) is 0 Å². The number of benzene rings is 2. The van der Waals surface area contributed by atoms with E-state index in [4.69, 9.17) is 9.47 Å². The van der Waals surface area contributed by atoms with E-state index in [1.54, 1.807) is 53.3 Å². The van der Waals surface area contributed by atoms with E-state index in [9.17, 15) is 9.59 Å². The van der Waals surface area contributed by atoms with E-state index in [1.165, 1.54) is 0 Å². The van der Waals surface area contributed by atoms with Gasteiger partial charge in [0, 0.05) is 22.5 Å². The first-order valence-corrected chi connectivity index (χ1v) is 13.6. The van der Waals surface area contributed by atoms with Crippen LogP contribution in [0.3, 0.4) is 0 Å². The Morgan fingerprint density at radius 2 is 1.92 bits per heavy atom. The van der Waals surface area contributed by atoms with Gasteiger partial charge in [-0.05, 0) is 48.6 Å². The molecule has 0 aliphatic heterocycles. The van der Waals surface area contributed by atoms with Crippen molar-refractivity contribution < 1.29 is 19.1 Å². The molecule has 9 nitrogen and oxygen atoms in total. The zero-order valence-electron chi connectivity index (χ0n) is 21.5. The van der Waals surface area contributed by atoms with Crippen molar-refractivity contribution in [1.29, 1.82) is 0 Å². The van der Waals surface area contributed by atoms with Gasteiger partial charge in [0.15, 0.2) is 0 Å². The third-order valence-electron chi connectivity index (χ3n) is 6.93. The Labute approximate surface area is 225 Å². The van der Waals surface area contributed by atoms with Crippen molar-refractivity contribution in [2.75, 3.05) is 14.2 Å². The molecule has 1 aliphatic carbocycles. The van der Waals surface area contributed by atoms with E-state index >= 15 is 0 Å². The highest BCUT2D eigenvalue weighted by Crippen LogP contribution is 2.35. The van der Waals surface area contributed by atoms with Crippen molar-refractivity contribution in [2.24, 2.45) is 0 Å². The smallest absolute Gasteiger partial charge is 0.247 e. The van der Waals surface area contributed by atoms with E-state index in [2.05, 4.69) is 15.6 Å². The van der Waals surface area contributed by atoms with Gasteiger partial charge >= 0.3 is 0 Å². The van der Waals surface area contributed by atoms with E-state index in [-0.39, 0.29) is 30.9 Å². The quantitative estimate of drug-likeness (QED) is 0.326. The SMILES string of the molecule is COc1ccc([C@@H](C(=O)NC2CCCC2)N(Cc2cccs2)C(=O)Cn2nnc3ccccc32)c(OC)c1. The molecule has 0 saturated heterocycles. The minimum Gasteiger partial charge on any atom is -0.497 e. The summed E-state index contributed by atoms with van der Waals surface area (Å²) >= 11 is 1.54. The van der Waals surface area contributed by atoms with Crippen LogP contribution in [0.4, 0.5) is 0 Å². The molecule has 1 saturated carbocycles. The number of aromatic nitrogens is 3. The summed E-state index contributed by atoms with van der Waals surface area (Å²) in [6, 6.07) is 15.9. The number of nitrogens with zero attached hydrogens (tertiary/aromatic N) is 4. The minimum atomic E-state index is -0.916. The number of para-hydroxylation sites is 1. The van der Waals surface area contributed by atoms with Crippen molar-refractivity contribution in [3.8, 4) is 11.5 Å². The third-order valence-corrected chi connectivity index (χ3v) is 7.79. The highest BCUT2D eigenvalue weighted by atomic mass is 32.1. The predicted octanol–water partition coefficient (Wildman–Crippen LogP) is 4.34. The number of amides is 2. The number of fused-ring (bicyclic) bond motifs is 1. The van der Waals surface area contributed by atoms with Crippen LogP contribution in [-0.4, -0.2) is 52.0 Å². The average molecular weight is 534 g/mol. The number of rotatable bonds is 10. The highest BCUT2D eigenvalue weighted by Gasteiger charge is 2.35. The third kappa shape index (κ3) is 5.50. The van der Waals surface area contributed by atoms with Gasteiger partial charge in [-0.3, -0.25) is 9.59 Å². The monoisotopic (exact) mass is 533 g/mol.